The van der Waals surface area contributed by atoms with Gasteiger partial charge in [-0.25, -0.2) is 0 Å². The van der Waals surface area contributed by atoms with Gasteiger partial charge in [-0.2, -0.15) is 0 Å². The minimum Gasteiger partial charge on any atom is -0.496 e. The summed E-state index contributed by atoms with van der Waals surface area (Å²) in [5, 5.41) is 13.7. The van der Waals surface area contributed by atoms with E-state index in [9.17, 15) is 23.1 Å². The highest BCUT2D eigenvalue weighted by Gasteiger charge is 2.52. The molecule has 3 aliphatic heterocycles. The first kappa shape index (κ1) is 27.0. The predicted molar refractivity (Wildman–Crippen MR) is 140 cm³/mol. The van der Waals surface area contributed by atoms with E-state index in [1.165, 1.54) is 25.3 Å². The molecule has 0 amide bonds. The minimum absolute atomic E-state index is 0.0802. The molecule has 6 rings (SSSR count). The molecule has 3 aliphatic rings. The Hall–Kier alpha value is -3.56. The lowest BCUT2D eigenvalue weighted by Gasteiger charge is -2.56. The number of piperidine rings is 3. The van der Waals surface area contributed by atoms with Gasteiger partial charge in [0.15, 0.2) is 0 Å². The summed E-state index contributed by atoms with van der Waals surface area (Å²) in [5.74, 6) is -0.737. The van der Waals surface area contributed by atoms with Crippen LogP contribution in [-0.4, -0.2) is 54.1 Å². The number of nitrogens with zero attached hydrogens (tertiary/aromatic N) is 1. The molecule has 3 aromatic carbocycles. The van der Waals surface area contributed by atoms with E-state index in [-0.39, 0.29) is 36.2 Å². The molecule has 5 atom stereocenters. The third kappa shape index (κ3) is 5.89. The number of benzene rings is 3. The summed E-state index contributed by atoms with van der Waals surface area (Å²) in [4.78, 5) is 14.4. The summed E-state index contributed by atoms with van der Waals surface area (Å²) in [6.45, 7) is 0.899. The number of carboxylic acids is 1. The van der Waals surface area contributed by atoms with Crippen LogP contribution in [0, 0.1) is 5.92 Å². The van der Waals surface area contributed by atoms with Gasteiger partial charge in [0, 0.05) is 30.1 Å². The average Bonchev–Trinajstić information content (AvgIpc) is 2.93. The van der Waals surface area contributed by atoms with Crippen LogP contribution in [0.5, 0.6) is 11.5 Å². The van der Waals surface area contributed by atoms with Crippen LogP contribution < -0.4 is 14.8 Å². The number of fused-ring (bicyclic) bond motifs is 3. The molecule has 6 nitrogen and oxygen atoms in total. The van der Waals surface area contributed by atoms with E-state index < -0.39 is 18.4 Å². The lowest BCUT2D eigenvalue weighted by atomic mass is 9.68. The molecule has 0 aliphatic carbocycles. The zero-order chi connectivity index (χ0) is 27.6. The van der Waals surface area contributed by atoms with E-state index in [4.69, 9.17) is 4.74 Å². The Bertz CT molecular complexity index is 1230. The van der Waals surface area contributed by atoms with E-state index in [0.29, 0.717) is 24.3 Å². The monoisotopic (exact) mass is 540 g/mol. The molecule has 0 radical (unpaired) electrons. The van der Waals surface area contributed by atoms with Crippen LogP contribution >= 0.6 is 0 Å². The summed E-state index contributed by atoms with van der Waals surface area (Å²) in [6.07, 6.45) is -3.46. The highest BCUT2D eigenvalue weighted by Crippen LogP contribution is 2.45. The maximum atomic E-state index is 12.9. The number of hydrogen-bond acceptors (Lipinski definition) is 5. The summed E-state index contributed by atoms with van der Waals surface area (Å²) in [5.41, 5.74) is 2.69. The van der Waals surface area contributed by atoms with Crippen LogP contribution in [0.25, 0.3) is 0 Å². The van der Waals surface area contributed by atoms with Crippen molar-refractivity contribution in [1.29, 1.82) is 0 Å². The van der Waals surface area contributed by atoms with Gasteiger partial charge in [-0.1, -0.05) is 60.7 Å². The number of ether oxygens (including phenoxy) is 2. The summed E-state index contributed by atoms with van der Waals surface area (Å²) < 4.78 is 48.2. The second kappa shape index (κ2) is 11.3. The molecule has 0 spiro atoms. The zero-order valence-corrected chi connectivity index (χ0v) is 21.5. The SMILES string of the molecule is COc1ccc(OC(F)(F)F)cc1CNC1C2CCN(C(C(=O)O)C2)C1C(c1ccccc1)c1ccccc1. The Labute approximate surface area is 225 Å². The lowest BCUT2D eigenvalue weighted by Crippen LogP contribution is -2.69. The molecular formula is C30H31F3N2O4. The van der Waals surface area contributed by atoms with Crippen molar-refractivity contribution in [2.45, 2.75) is 49.8 Å². The molecule has 0 saturated carbocycles. The van der Waals surface area contributed by atoms with Gasteiger partial charge >= 0.3 is 12.3 Å². The van der Waals surface area contributed by atoms with Crippen LogP contribution in [0.2, 0.25) is 0 Å². The van der Waals surface area contributed by atoms with Crippen molar-refractivity contribution in [1.82, 2.24) is 10.2 Å². The first-order valence-corrected chi connectivity index (χ1v) is 13.0. The number of carbonyl (C=O) groups is 1. The number of halogens is 3. The number of alkyl halides is 3. The van der Waals surface area contributed by atoms with Crippen LogP contribution in [0.15, 0.2) is 78.9 Å². The van der Waals surface area contributed by atoms with Gasteiger partial charge in [-0.05, 0) is 54.6 Å². The van der Waals surface area contributed by atoms with E-state index >= 15 is 0 Å². The molecular weight excluding hydrogens is 509 g/mol. The summed E-state index contributed by atoms with van der Waals surface area (Å²) in [6, 6.07) is 23.2. The van der Waals surface area contributed by atoms with Crippen molar-refractivity contribution in [3.63, 3.8) is 0 Å². The van der Waals surface area contributed by atoms with Gasteiger partial charge in [0.25, 0.3) is 0 Å². The normalized spacial score (nSPS) is 24.5. The number of hydrogen-bond donors (Lipinski definition) is 2. The molecule has 9 heteroatoms. The second-order valence-corrected chi connectivity index (χ2v) is 10.1. The van der Waals surface area contributed by atoms with Crippen molar-refractivity contribution in [3.8, 4) is 11.5 Å². The fourth-order valence-electron chi connectivity index (χ4n) is 6.33. The van der Waals surface area contributed by atoms with Crippen LogP contribution in [-0.2, 0) is 11.3 Å². The third-order valence-corrected chi connectivity index (χ3v) is 7.90. The molecule has 206 valence electrons. The van der Waals surface area contributed by atoms with Crippen molar-refractivity contribution >= 4 is 5.97 Å². The van der Waals surface area contributed by atoms with Gasteiger partial charge < -0.3 is 19.9 Å². The van der Waals surface area contributed by atoms with Gasteiger partial charge in [-0.15, -0.1) is 13.2 Å². The van der Waals surface area contributed by atoms with E-state index in [2.05, 4.69) is 39.2 Å². The van der Waals surface area contributed by atoms with E-state index in [0.717, 1.165) is 17.5 Å². The van der Waals surface area contributed by atoms with Crippen LogP contribution in [0.3, 0.4) is 0 Å². The molecule has 3 fully saturated rings. The maximum Gasteiger partial charge on any atom is 0.573 e. The second-order valence-electron chi connectivity index (χ2n) is 10.1. The quantitative estimate of drug-likeness (QED) is 0.377. The van der Waals surface area contributed by atoms with Crippen molar-refractivity contribution < 1.29 is 32.5 Å². The Kier molecular flexibility index (Phi) is 7.81. The highest BCUT2D eigenvalue weighted by atomic mass is 19.4. The number of rotatable bonds is 9. The van der Waals surface area contributed by atoms with Gasteiger partial charge in [0.05, 0.1) is 7.11 Å². The molecule has 3 aromatic rings. The van der Waals surface area contributed by atoms with Crippen LogP contribution in [0.1, 0.15) is 35.4 Å². The molecule has 5 unspecified atom stereocenters. The molecule has 3 heterocycles. The topological polar surface area (TPSA) is 71.0 Å². The highest BCUT2D eigenvalue weighted by molar-refractivity contribution is 5.74. The van der Waals surface area contributed by atoms with E-state index in [1.54, 1.807) is 0 Å². The number of aliphatic carboxylic acids is 1. The van der Waals surface area contributed by atoms with Crippen molar-refractivity contribution in [3.05, 3.63) is 95.6 Å². The zero-order valence-electron chi connectivity index (χ0n) is 21.5. The minimum atomic E-state index is -4.80. The average molecular weight is 541 g/mol. The molecule has 3 saturated heterocycles. The third-order valence-electron chi connectivity index (χ3n) is 7.90. The van der Waals surface area contributed by atoms with Gasteiger partial charge in [-0.3, -0.25) is 9.69 Å². The first-order chi connectivity index (χ1) is 18.7. The molecule has 0 aromatic heterocycles. The number of nitrogens with one attached hydrogen (secondary N) is 1. The van der Waals surface area contributed by atoms with Crippen molar-refractivity contribution in [2.24, 2.45) is 5.92 Å². The van der Waals surface area contributed by atoms with Crippen LogP contribution in [0.4, 0.5) is 13.2 Å². The maximum absolute atomic E-state index is 12.9. The number of carboxylic acid groups (broad SMARTS) is 1. The smallest absolute Gasteiger partial charge is 0.496 e. The molecule has 39 heavy (non-hydrogen) atoms. The Balaban J connectivity index is 1.52. The summed E-state index contributed by atoms with van der Waals surface area (Å²) >= 11 is 0. The largest absolute Gasteiger partial charge is 0.573 e. The van der Waals surface area contributed by atoms with Gasteiger partial charge in [0.2, 0.25) is 0 Å². The standard InChI is InChI=1S/C30H31F3N2O4/c1-38-25-13-12-23(39-30(31,32)33)16-22(25)18-34-27-21-14-15-35(24(17-21)29(36)37)28(27)26(19-8-4-2-5-9-19)20-10-6-3-7-11-20/h2-13,16,21,24,26-28,34H,14-15,17-18H2,1H3,(H,36,37). The van der Waals surface area contributed by atoms with Crippen molar-refractivity contribution in [2.75, 3.05) is 13.7 Å². The predicted octanol–water partition coefficient (Wildman–Crippen LogP) is 5.43. The molecule has 2 bridgehead atoms. The van der Waals surface area contributed by atoms with Gasteiger partial charge in [0.1, 0.15) is 17.5 Å². The Morgan fingerprint density at radius 1 is 1.05 bits per heavy atom. The summed E-state index contributed by atoms with van der Waals surface area (Å²) in [7, 11) is 1.47. The first-order valence-electron chi connectivity index (χ1n) is 13.0. The number of methoxy groups -OCH3 is 1. The Morgan fingerprint density at radius 3 is 2.26 bits per heavy atom. The molecule has 2 N–H and O–H groups in total. The lowest BCUT2D eigenvalue weighted by molar-refractivity contribution is -0.274. The fourth-order valence-corrected chi connectivity index (χ4v) is 6.33. The Morgan fingerprint density at radius 2 is 1.69 bits per heavy atom. The fraction of sp³-hybridized carbons (Fsp3) is 0.367. The van der Waals surface area contributed by atoms with E-state index in [1.807, 2.05) is 36.4 Å².